The predicted octanol–water partition coefficient (Wildman–Crippen LogP) is 1.31. The summed E-state index contributed by atoms with van der Waals surface area (Å²) >= 11 is 0. The number of hydrogen-bond acceptors (Lipinski definition) is 4. The second-order valence-electron chi connectivity index (χ2n) is 4.55. The standard InChI is InChI=1S/C12H20O4/c1-4-6-8-7-9(13)12(3,15)10(8)11(14)16-5-2/h8,10,15H,4-7H2,1-3H3/t8-,10+,12+/m1/s1. The summed E-state index contributed by atoms with van der Waals surface area (Å²) in [4.78, 5) is 23.4. The summed E-state index contributed by atoms with van der Waals surface area (Å²) in [5.74, 6) is -1.47. The summed E-state index contributed by atoms with van der Waals surface area (Å²) < 4.78 is 4.94. The summed E-state index contributed by atoms with van der Waals surface area (Å²) in [6, 6.07) is 0. The molecule has 0 bridgehead atoms. The summed E-state index contributed by atoms with van der Waals surface area (Å²) in [6.07, 6.45) is 1.94. The highest BCUT2D eigenvalue weighted by atomic mass is 16.5. The van der Waals surface area contributed by atoms with Crippen LogP contribution < -0.4 is 0 Å². The van der Waals surface area contributed by atoms with E-state index in [-0.39, 0.29) is 24.7 Å². The Labute approximate surface area is 96.0 Å². The first-order chi connectivity index (χ1) is 7.45. The van der Waals surface area contributed by atoms with E-state index in [0.29, 0.717) is 0 Å². The van der Waals surface area contributed by atoms with Crippen molar-refractivity contribution in [2.45, 2.75) is 45.6 Å². The summed E-state index contributed by atoms with van der Waals surface area (Å²) in [5.41, 5.74) is -1.55. The molecule has 1 fully saturated rings. The van der Waals surface area contributed by atoms with Gasteiger partial charge < -0.3 is 9.84 Å². The first-order valence-electron chi connectivity index (χ1n) is 5.87. The van der Waals surface area contributed by atoms with Crippen molar-refractivity contribution < 1.29 is 19.4 Å². The average Bonchev–Trinajstić information content (AvgIpc) is 2.38. The number of rotatable bonds is 4. The molecule has 0 saturated heterocycles. The third-order valence-electron chi connectivity index (χ3n) is 3.29. The van der Waals surface area contributed by atoms with Crippen LogP contribution in [0.15, 0.2) is 0 Å². The van der Waals surface area contributed by atoms with Crippen LogP contribution >= 0.6 is 0 Å². The lowest BCUT2D eigenvalue weighted by Crippen LogP contribution is -2.43. The zero-order chi connectivity index (χ0) is 12.3. The molecule has 0 spiro atoms. The molecule has 0 heterocycles. The largest absolute Gasteiger partial charge is 0.466 e. The molecule has 3 atom stereocenters. The normalized spacial score (nSPS) is 34.1. The molecule has 1 aliphatic carbocycles. The maximum absolute atomic E-state index is 11.8. The number of Topliss-reactive ketones (excluding diaryl/α,β-unsaturated/α-hetero) is 1. The Hall–Kier alpha value is -0.900. The molecule has 1 aliphatic rings. The van der Waals surface area contributed by atoms with Crippen LogP contribution in [0, 0.1) is 11.8 Å². The molecule has 0 aromatic heterocycles. The molecule has 1 N–H and O–H groups in total. The molecular weight excluding hydrogens is 208 g/mol. The van der Waals surface area contributed by atoms with Crippen molar-refractivity contribution >= 4 is 11.8 Å². The van der Waals surface area contributed by atoms with Gasteiger partial charge in [-0.3, -0.25) is 9.59 Å². The zero-order valence-electron chi connectivity index (χ0n) is 10.2. The van der Waals surface area contributed by atoms with E-state index in [1.165, 1.54) is 6.92 Å². The Balaban J connectivity index is 2.88. The molecule has 92 valence electrons. The second-order valence-corrected chi connectivity index (χ2v) is 4.55. The molecule has 1 saturated carbocycles. The summed E-state index contributed by atoms with van der Waals surface area (Å²) in [5, 5.41) is 10.1. The lowest BCUT2D eigenvalue weighted by molar-refractivity contribution is -0.160. The first kappa shape index (κ1) is 13.2. The van der Waals surface area contributed by atoms with Gasteiger partial charge in [0.15, 0.2) is 5.78 Å². The lowest BCUT2D eigenvalue weighted by atomic mass is 9.85. The van der Waals surface area contributed by atoms with Crippen LogP contribution in [0.5, 0.6) is 0 Å². The van der Waals surface area contributed by atoms with Crippen molar-refractivity contribution in [1.29, 1.82) is 0 Å². The minimum Gasteiger partial charge on any atom is -0.466 e. The molecule has 0 aliphatic heterocycles. The number of hydrogen-bond donors (Lipinski definition) is 1. The van der Waals surface area contributed by atoms with Gasteiger partial charge in [-0.2, -0.15) is 0 Å². The van der Waals surface area contributed by atoms with E-state index in [0.717, 1.165) is 12.8 Å². The highest BCUT2D eigenvalue weighted by Crippen LogP contribution is 2.40. The van der Waals surface area contributed by atoms with Crippen molar-refractivity contribution in [3.63, 3.8) is 0 Å². The van der Waals surface area contributed by atoms with Crippen molar-refractivity contribution in [2.75, 3.05) is 6.61 Å². The Kier molecular flexibility index (Phi) is 4.08. The monoisotopic (exact) mass is 228 g/mol. The molecule has 0 aromatic rings. The fourth-order valence-corrected chi connectivity index (χ4v) is 2.49. The topological polar surface area (TPSA) is 63.6 Å². The molecule has 16 heavy (non-hydrogen) atoms. The van der Waals surface area contributed by atoms with E-state index in [1.54, 1.807) is 6.92 Å². The third kappa shape index (κ3) is 2.26. The molecule has 4 nitrogen and oxygen atoms in total. The zero-order valence-corrected chi connectivity index (χ0v) is 10.2. The minimum absolute atomic E-state index is 0.0773. The van der Waals surface area contributed by atoms with Crippen LogP contribution in [0.2, 0.25) is 0 Å². The Morgan fingerprint density at radius 3 is 2.69 bits per heavy atom. The number of carbonyl (C=O) groups excluding carboxylic acids is 2. The van der Waals surface area contributed by atoms with E-state index in [4.69, 9.17) is 4.74 Å². The van der Waals surface area contributed by atoms with Crippen LogP contribution in [0.1, 0.15) is 40.0 Å². The second kappa shape index (κ2) is 4.95. The molecule has 4 heteroatoms. The number of esters is 1. The number of ketones is 1. The Bertz CT molecular complexity index is 283. The van der Waals surface area contributed by atoms with Gasteiger partial charge in [-0.1, -0.05) is 13.3 Å². The fourth-order valence-electron chi connectivity index (χ4n) is 2.49. The molecular formula is C12H20O4. The minimum atomic E-state index is -1.55. The van der Waals surface area contributed by atoms with Gasteiger partial charge in [0.25, 0.3) is 0 Å². The van der Waals surface area contributed by atoms with Gasteiger partial charge in [0.2, 0.25) is 0 Å². The maximum Gasteiger partial charge on any atom is 0.312 e. The van der Waals surface area contributed by atoms with Gasteiger partial charge in [0, 0.05) is 6.42 Å². The van der Waals surface area contributed by atoms with E-state index in [9.17, 15) is 14.7 Å². The van der Waals surface area contributed by atoms with E-state index >= 15 is 0 Å². The van der Waals surface area contributed by atoms with Crippen LogP contribution in [-0.4, -0.2) is 29.1 Å². The van der Waals surface area contributed by atoms with Crippen molar-refractivity contribution in [2.24, 2.45) is 11.8 Å². The van der Waals surface area contributed by atoms with Gasteiger partial charge in [0.05, 0.1) is 12.5 Å². The lowest BCUT2D eigenvalue weighted by Gasteiger charge is -2.25. The first-order valence-corrected chi connectivity index (χ1v) is 5.87. The number of ether oxygens (including phenoxy) is 1. The van der Waals surface area contributed by atoms with E-state index in [2.05, 4.69) is 0 Å². The van der Waals surface area contributed by atoms with Gasteiger partial charge in [-0.25, -0.2) is 0 Å². The van der Waals surface area contributed by atoms with Gasteiger partial charge in [-0.15, -0.1) is 0 Å². The van der Waals surface area contributed by atoms with Gasteiger partial charge in [-0.05, 0) is 26.2 Å². The van der Waals surface area contributed by atoms with Crippen molar-refractivity contribution in [3.05, 3.63) is 0 Å². The van der Waals surface area contributed by atoms with Crippen LogP contribution in [-0.2, 0) is 14.3 Å². The summed E-state index contributed by atoms with van der Waals surface area (Å²) in [6.45, 7) is 5.42. The van der Waals surface area contributed by atoms with Crippen LogP contribution in [0.25, 0.3) is 0 Å². The number of carbonyl (C=O) groups is 2. The highest BCUT2D eigenvalue weighted by molar-refractivity contribution is 5.95. The van der Waals surface area contributed by atoms with E-state index < -0.39 is 17.5 Å². The van der Waals surface area contributed by atoms with Gasteiger partial charge in [0.1, 0.15) is 5.60 Å². The predicted molar refractivity (Wildman–Crippen MR) is 58.8 cm³/mol. The molecule has 0 amide bonds. The summed E-state index contributed by atoms with van der Waals surface area (Å²) in [7, 11) is 0. The van der Waals surface area contributed by atoms with Crippen LogP contribution in [0.4, 0.5) is 0 Å². The third-order valence-corrected chi connectivity index (χ3v) is 3.29. The Morgan fingerprint density at radius 1 is 1.56 bits per heavy atom. The average molecular weight is 228 g/mol. The van der Waals surface area contributed by atoms with Crippen LogP contribution in [0.3, 0.4) is 0 Å². The van der Waals surface area contributed by atoms with Gasteiger partial charge >= 0.3 is 5.97 Å². The SMILES string of the molecule is CCC[C@@H]1CC(=O)[C@](C)(O)[C@@H]1C(=O)OCC. The smallest absolute Gasteiger partial charge is 0.312 e. The Morgan fingerprint density at radius 2 is 2.19 bits per heavy atom. The van der Waals surface area contributed by atoms with E-state index in [1.807, 2.05) is 6.92 Å². The quantitative estimate of drug-likeness (QED) is 0.737. The number of aliphatic hydroxyl groups is 1. The van der Waals surface area contributed by atoms with Crippen molar-refractivity contribution in [3.8, 4) is 0 Å². The highest BCUT2D eigenvalue weighted by Gasteiger charge is 2.54. The fraction of sp³-hybridized carbons (Fsp3) is 0.833. The molecule has 0 unspecified atom stereocenters. The maximum atomic E-state index is 11.8. The molecule has 0 radical (unpaired) electrons. The van der Waals surface area contributed by atoms with Crippen molar-refractivity contribution in [1.82, 2.24) is 0 Å². The molecule has 1 rings (SSSR count). The molecule has 0 aromatic carbocycles.